The minimum absolute atomic E-state index is 0.0461. The molecule has 0 aliphatic carbocycles. The lowest BCUT2D eigenvalue weighted by Gasteiger charge is -2.39. The highest BCUT2D eigenvalue weighted by molar-refractivity contribution is 6.32. The fourth-order valence-corrected chi connectivity index (χ4v) is 4.28. The normalized spacial score (nSPS) is 17.7. The van der Waals surface area contributed by atoms with Crippen molar-refractivity contribution in [3.05, 3.63) is 77.0 Å². The fourth-order valence-electron chi connectivity index (χ4n) is 4.09. The van der Waals surface area contributed by atoms with Crippen LogP contribution in [0.3, 0.4) is 0 Å². The molecule has 4 rings (SSSR count). The van der Waals surface area contributed by atoms with E-state index in [1.807, 2.05) is 30.3 Å². The quantitative estimate of drug-likeness (QED) is 0.576. The van der Waals surface area contributed by atoms with Gasteiger partial charge in [-0.3, -0.25) is 9.59 Å². The molecular weight excluding hydrogens is 458 g/mol. The fraction of sp³-hybridized carbons (Fsp3) is 0.292. The van der Waals surface area contributed by atoms with Crippen LogP contribution in [-0.2, 0) is 0 Å². The maximum Gasteiger partial charge on any atom is 0.273 e. The molecule has 1 aromatic carbocycles. The number of piperidine rings is 1. The van der Waals surface area contributed by atoms with E-state index in [-0.39, 0.29) is 28.7 Å². The summed E-state index contributed by atoms with van der Waals surface area (Å²) in [5.41, 5.74) is 1.49. The van der Waals surface area contributed by atoms with Crippen molar-refractivity contribution < 1.29 is 19.1 Å². The van der Waals surface area contributed by atoms with Crippen molar-refractivity contribution in [2.75, 3.05) is 27.3 Å². The third kappa shape index (κ3) is 4.94. The van der Waals surface area contributed by atoms with Crippen molar-refractivity contribution in [3.63, 3.8) is 0 Å². The van der Waals surface area contributed by atoms with E-state index in [0.717, 1.165) is 5.56 Å². The van der Waals surface area contributed by atoms with Crippen LogP contribution < -0.4 is 14.8 Å². The Morgan fingerprint density at radius 2 is 1.85 bits per heavy atom. The monoisotopic (exact) mass is 481 g/mol. The van der Waals surface area contributed by atoms with Crippen molar-refractivity contribution in [2.24, 2.45) is 0 Å². The van der Waals surface area contributed by atoms with Crippen LogP contribution in [0.5, 0.6) is 11.6 Å². The Hall–Kier alpha value is -3.72. The van der Waals surface area contributed by atoms with E-state index in [1.54, 1.807) is 11.0 Å². The summed E-state index contributed by atoms with van der Waals surface area (Å²) >= 11 is 6.06. The lowest BCUT2D eigenvalue weighted by Crippen LogP contribution is -2.51. The second-order valence-corrected chi connectivity index (χ2v) is 8.13. The summed E-state index contributed by atoms with van der Waals surface area (Å²) in [6.45, 7) is 0.867. The first-order chi connectivity index (χ1) is 16.5. The lowest BCUT2D eigenvalue weighted by molar-refractivity contribution is 0.0670. The summed E-state index contributed by atoms with van der Waals surface area (Å²) in [4.78, 5) is 40.1. The second kappa shape index (κ2) is 10.5. The highest BCUT2D eigenvalue weighted by Crippen LogP contribution is 2.30. The summed E-state index contributed by atoms with van der Waals surface area (Å²) in [7, 11) is 2.99. The van der Waals surface area contributed by atoms with Gasteiger partial charge in [-0.1, -0.05) is 41.9 Å². The molecular formula is C24H24ClN5O4. The molecule has 0 saturated carbocycles. The first kappa shape index (κ1) is 23.4. The van der Waals surface area contributed by atoms with Gasteiger partial charge in [-0.25, -0.2) is 15.0 Å². The van der Waals surface area contributed by atoms with Crippen LogP contribution in [0, 0.1) is 0 Å². The number of methoxy groups -OCH3 is 2. The van der Waals surface area contributed by atoms with E-state index in [4.69, 9.17) is 21.1 Å². The average molecular weight is 482 g/mol. The SMILES string of the molecule is COc1cc(C(=O)N2CC[C@@H](NC(=O)c3nccnc3Cl)[C@@H](c3ccccc3)C2)cnc1OC. The highest BCUT2D eigenvalue weighted by Gasteiger charge is 2.34. The molecule has 0 radical (unpaired) electrons. The molecule has 0 bridgehead atoms. The van der Waals surface area contributed by atoms with Crippen LogP contribution in [0.25, 0.3) is 0 Å². The number of likely N-dealkylation sites (tertiary alicyclic amines) is 1. The van der Waals surface area contributed by atoms with Gasteiger partial charge in [0.25, 0.3) is 17.7 Å². The number of hydrogen-bond acceptors (Lipinski definition) is 7. The van der Waals surface area contributed by atoms with Crippen LogP contribution in [0.1, 0.15) is 38.7 Å². The lowest BCUT2D eigenvalue weighted by atomic mass is 9.85. The molecule has 3 heterocycles. The van der Waals surface area contributed by atoms with Crippen LogP contribution in [0.15, 0.2) is 55.0 Å². The Bertz CT molecular complexity index is 1180. The minimum atomic E-state index is -0.395. The van der Waals surface area contributed by atoms with Crippen molar-refractivity contribution in [2.45, 2.75) is 18.4 Å². The zero-order valence-corrected chi connectivity index (χ0v) is 19.5. The molecule has 34 heavy (non-hydrogen) atoms. The van der Waals surface area contributed by atoms with Gasteiger partial charge in [0.05, 0.1) is 19.8 Å². The number of amides is 2. The molecule has 10 heteroatoms. The van der Waals surface area contributed by atoms with E-state index < -0.39 is 5.91 Å². The molecule has 1 aliphatic rings. The van der Waals surface area contributed by atoms with Crippen LogP contribution in [0.4, 0.5) is 0 Å². The zero-order valence-electron chi connectivity index (χ0n) is 18.8. The van der Waals surface area contributed by atoms with E-state index in [0.29, 0.717) is 36.7 Å². The van der Waals surface area contributed by atoms with Gasteiger partial charge in [0, 0.05) is 49.7 Å². The molecule has 2 atom stereocenters. The largest absolute Gasteiger partial charge is 0.491 e. The number of benzene rings is 1. The summed E-state index contributed by atoms with van der Waals surface area (Å²) in [6.07, 6.45) is 4.88. The molecule has 3 aromatic rings. The van der Waals surface area contributed by atoms with Gasteiger partial charge >= 0.3 is 0 Å². The molecule has 1 fully saturated rings. The zero-order chi connectivity index (χ0) is 24.1. The number of rotatable bonds is 6. The minimum Gasteiger partial charge on any atom is -0.491 e. The Morgan fingerprint density at radius 3 is 2.56 bits per heavy atom. The maximum absolute atomic E-state index is 13.3. The molecule has 1 aliphatic heterocycles. The second-order valence-electron chi connectivity index (χ2n) is 7.77. The van der Waals surface area contributed by atoms with Gasteiger partial charge < -0.3 is 19.7 Å². The molecule has 0 unspecified atom stereocenters. The Morgan fingerprint density at radius 1 is 1.09 bits per heavy atom. The number of hydrogen-bond donors (Lipinski definition) is 1. The standard InChI is InChI=1S/C24H24ClN5O4/c1-33-19-12-16(13-28-23(19)34-2)24(32)30-11-8-18(17(14-30)15-6-4-3-5-7-15)29-22(31)20-21(25)27-10-9-26-20/h3-7,9-10,12-13,17-18H,8,11,14H2,1-2H3,(H,29,31)/t17-,18-/m1/s1. The van der Waals surface area contributed by atoms with Gasteiger partial charge in [-0.15, -0.1) is 0 Å². The molecule has 2 amide bonds. The number of carbonyl (C=O) groups is 2. The van der Waals surface area contributed by atoms with Gasteiger partial charge in [0.2, 0.25) is 0 Å². The van der Waals surface area contributed by atoms with Crippen molar-refractivity contribution in [3.8, 4) is 11.6 Å². The van der Waals surface area contributed by atoms with Gasteiger partial charge in [0.1, 0.15) is 0 Å². The summed E-state index contributed by atoms with van der Waals surface area (Å²) in [6, 6.07) is 11.2. The van der Waals surface area contributed by atoms with Gasteiger partial charge in [-0.05, 0) is 12.0 Å². The van der Waals surface area contributed by atoms with Gasteiger partial charge in [-0.2, -0.15) is 0 Å². The number of nitrogens with zero attached hydrogens (tertiary/aromatic N) is 4. The van der Waals surface area contributed by atoms with E-state index in [9.17, 15) is 9.59 Å². The molecule has 1 N–H and O–H groups in total. The Kier molecular flexibility index (Phi) is 7.22. The summed E-state index contributed by atoms with van der Waals surface area (Å²) in [5.74, 6) is -0.00306. The third-order valence-electron chi connectivity index (χ3n) is 5.79. The number of nitrogens with one attached hydrogen (secondary N) is 1. The molecule has 9 nitrogen and oxygen atoms in total. The van der Waals surface area contributed by atoms with E-state index in [2.05, 4.69) is 20.3 Å². The Balaban J connectivity index is 1.56. The first-order valence-corrected chi connectivity index (χ1v) is 11.1. The van der Waals surface area contributed by atoms with Crippen LogP contribution in [0.2, 0.25) is 5.15 Å². The third-order valence-corrected chi connectivity index (χ3v) is 6.07. The summed E-state index contributed by atoms with van der Waals surface area (Å²) in [5, 5.41) is 3.09. The number of ether oxygens (including phenoxy) is 2. The predicted molar refractivity (Wildman–Crippen MR) is 125 cm³/mol. The predicted octanol–water partition coefficient (Wildman–Crippen LogP) is 2.97. The number of aromatic nitrogens is 3. The van der Waals surface area contributed by atoms with Crippen molar-refractivity contribution in [1.29, 1.82) is 0 Å². The number of halogens is 1. The topological polar surface area (TPSA) is 107 Å². The molecule has 0 spiro atoms. The average Bonchev–Trinajstić information content (AvgIpc) is 2.88. The number of carbonyl (C=O) groups excluding carboxylic acids is 2. The number of pyridine rings is 1. The van der Waals surface area contributed by atoms with E-state index >= 15 is 0 Å². The van der Waals surface area contributed by atoms with Crippen molar-refractivity contribution in [1.82, 2.24) is 25.2 Å². The first-order valence-electron chi connectivity index (χ1n) is 10.7. The molecule has 176 valence electrons. The van der Waals surface area contributed by atoms with E-state index in [1.165, 1.54) is 32.8 Å². The van der Waals surface area contributed by atoms with Gasteiger partial charge in [0.15, 0.2) is 16.6 Å². The molecule has 2 aromatic heterocycles. The summed E-state index contributed by atoms with van der Waals surface area (Å²) < 4.78 is 10.5. The smallest absolute Gasteiger partial charge is 0.273 e. The van der Waals surface area contributed by atoms with Crippen LogP contribution in [-0.4, -0.2) is 65.0 Å². The van der Waals surface area contributed by atoms with Crippen LogP contribution >= 0.6 is 11.6 Å². The molecule has 1 saturated heterocycles. The van der Waals surface area contributed by atoms with Crippen molar-refractivity contribution >= 4 is 23.4 Å². The Labute approximate surface area is 202 Å². The highest BCUT2D eigenvalue weighted by atomic mass is 35.5. The maximum atomic E-state index is 13.3.